The minimum atomic E-state index is 0.194. The van der Waals surface area contributed by atoms with Crippen LogP contribution in [0.3, 0.4) is 0 Å². The first-order valence-corrected chi connectivity index (χ1v) is 7.58. The number of hydrogen-bond acceptors (Lipinski definition) is 4. The number of nitrogens with zero attached hydrogens (tertiary/aromatic N) is 3. The van der Waals surface area contributed by atoms with Gasteiger partial charge in [-0.15, -0.1) is 0 Å². The number of H-pyrrole nitrogens is 1. The SMILES string of the molecule is CC(C)C1CCC(Oc2ncnc3[nH]cc(C#N)c23)CC1. The zero-order valence-electron chi connectivity index (χ0n) is 12.5. The molecule has 0 radical (unpaired) electrons. The topological polar surface area (TPSA) is 74.6 Å². The molecule has 0 aromatic carbocycles. The van der Waals surface area contributed by atoms with Crippen molar-refractivity contribution in [1.82, 2.24) is 15.0 Å². The Morgan fingerprint density at radius 3 is 2.71 bits per heavy atom. The molecule has 0 amide bonds. The molecule has 2 aromatic rings. The molecule has 1 saturated carbocycles. The third-order valence-electron chi connectivity index (χ3n) is 4.50. The van der Waals surface area contributed by atoms with Crippen LogP contribution in [0.4, 0.5) is 0 Å². The Balaban J connectivity index is 1.77. The minimum absolute atomic E-state index is 0.194. The van der Waals surface area contributed by atoms with E-state index in [-0.39, 0.29) is 6.10 Å². The van der Waals surface area contributed by atoms with Gasteiger partial charge in [-0.05, 0) is 37.5 Å². The first-order valence-electron chi connectivity index (χ1n) is 7.58. The third-order valence-corrected chi connectivity index (χ3v) is 4.50. The van der Waals surface area contributed by atoms with Crippen molar-refractivity contribution in [1.29, 1.82) is 5.26 Å². The number of nitrogens with one attached hydrogen (secondary N) is 1. The van der Waals surface area contributed by atoms with Gasteiger partial charge in [-0.25, -0.2) is 9.97 Å². The smallest absolute Gasteiger partial charge is 0.227 e. The molecule has 0 spiro atoms. The summed E-state index contributed by atoms with van der Waals surface area (Å²) < 4.78 is 6.08. The van der Waals surface area contributed by atoms with E-state index in [4.69, 9.17) is 10.00 Å². The Morgan fingerprint density at radius 1 is 1.29 bits per heavy atom. The molecule has 5 heteroatoms. The van der Waals surface area contributed by atoms with Gasteiger partial charge in [-0.1, -0.05) is 13.8 Å². The first kappa shape index (κ1) is 13.9. The molecule has 21 heavy (non-hydrogen) atoms. The normalized spacial score (nSPS) is 22.4. The highest BCUT2D eigenvalue weighted by Gasteiger charge is 2.25. The standard InChI is InChI=1S/C16H20N4O/c1-10(2)11-3-5-13(6-4-11)21-16-14-12(7-17)8-18-15(14)19-9-20-16/h8-11,13H,3-6H2,1-2H3,(H,18,19,20). The molecule has 1 aliphatic carbocycles. The number of aromatic amines is 1. The molecule has 110 valence electrons. The van der Waals surface area contributed by atoms with Crippen molar-refractivity contribution >= 4 is 11.0 Å². The third kappa shape index (κ3) is 2.71. The van der Waals surface area contributed by atoms with Gasteiger partial charge in [0.05, 0.1) is 10.9 Å². The van der Waals surface area contributed by atoms with Gasteiger partial charge in [0.1, 0.15) is 24.1 Å². The van der Waals surface area contributed by atoms with Gasteiger partial charge in [-0.3, -0.25) is 0 Å². The Labute approximate surface area is 124 Å². The molecule has 1 aliphatic rings. The van der Waals surface area contributed by atoms with Crippen LogP contribution in [-0.4, -0.2) is 21.1 Å². The maximum atomic E-state index is 9.17. The Kier molecular flexibility index (Phi) is 3.78. The van der Waals surface area contributed by atoms with Gasteiger partial charge >= 0.3 is 0 Å². The van der Waals surface area contributed by atoms with Crippen LogP contribution in [0.1, 0.15) is 45.1 Å². The van der Waals surface area contributed by atoms with Crippen molar-refractivity contribution in [3.05, 3.63) is 18.1 Å². The zero-order valence-corrected chi connectivity index (χ0v) is 12.5. The van der Waals surface area contributed by atoms with E-state index >= 15 is 0 Å². The molecule has 0 saturated heterocycles. The molecule has 1 N–H and O–H groups in total. The van der Waals surface area contributed by atoms with E-state index in [1.54, 1.807) is 6.20 Å². The maximum absolute atomic E-state index is 9.17. The maximum Gasteiger partial charge on any atom is 0.227 e. The van der Waals surface area contributed by atoms with Gasteiger partial charge in [0, 0.05) is 6.20 Å². The molecular weight excluding hydrogens is 264 g/mol. The highest BCUT2D eigenvalue weighted by molar-refractivity contribution is 5.87. The number of rotatable bonds is 3. The average molecular weight is 284 g/mol. The van der Waals surface area contributed by atoms with E-state index in [1.165, 1.54) is 19.2 Å². The molecule has 1 fully saturated rings. The van der Waals surface area contributed by atoms with Crippen LogP contribution in [0, 0.1) is 23.2 Å². The predicted molar refractivity (Wildman–Crippen MR) is 79.8 cm³/mol. The van der Waals surface area contributed by atoms with Crippen molar-refractivity contribution < 1.29 is 4.74 Å². The van der Waals surface area contributed by atoms with Gasteiger partial charge in [-0.2, -0.15) is 5.26 Å². The quantitative estimate of drug-likeness (QED) is 0.937. The molecule has 3 rings (SSSR count). The van der Waals surface area contributed by atoms with Crippen molar-refractivity contribution in [2.24, 2.45) is 11.8 Å². The Bertz CT molecular complexity index is 662. The highest BCUT2D eigenvalue weighted by atomic mass is 16.5. The fraction of sp³-hybridized carbons (Fsp3) is 0.562. The Hall–Kier alpha value is -2.09. The molecule has 5 nitrogen and oxygen atoms in total. The zero-order chi connectivity index (χ0) is 14.8. The van der Waals surface area contributed by atoms with Gasteiger partial charge in [0.25, 0.3) is 0 Å². The summed E-state index contributed by atoms with van der Waals surface area (Å²) in [7, 11) is 0. The second kappa shape index (κ2) is 5.72. The van der Waals surface area contributed by atoms with Crippen LogP contribution in [0.5, 0.6) is 5.88 Å². The van der Waals surface area contributed by atoms with Crippen LogP contribution >= 0.6 is 0 Å². The number of nitriles is 1. The monoisotopic (exact) mass is 284 g/mol. The second-order valence-electron chi connectivity index (χ2n) is 6.12. The molecule has 0 bridgehead atoms. The molecule has 0 unspecified atom stereocenters. The molecule has 2 heterocycles. The van der Waals surface area contributed by atoms with Crippen LogP contribution in [-0.2, 0) is 0 Å². The van der Waals surface area contributed by atoms with E-state index in [9.17, 15) is 0 Å². The van der Waals surface area contributed by atoms with E-state index in [0.717, 1.165) is 24.7 Å². The second-order valence-corrected chi connectivity index (χ2v) is 6.12. The molecular formula is C16H20N4O. The lowest BCUT2D eigenvalue weighted by molar-refractivity contribution is 0.114. The molecule has 0 atom stereocenters. The molecule has 0 aliphatic heterocycles. The van der Waals surface area contributed by atoms with E-state index < -0.39 is 0 Å². The summed E-state index contributed by atoms with van der Waals surface area (Å²) in [6.07, 6.45) is 7.85. The summed E-state index contributed by atoms with van der Waals surface area (Å²) in [6.45, 7) is 4.58. The van der Waals surface area contributed by atoms with Crippen molar-refractivity contribution in [3.8, 4) is 11.9 Å². The van der Waals surface area contributed by atoms with Crippen molar-refractivity contribution in [2.75, 3.05) is 0 Å². The van der Waals surface area contributed by atoms with E-state index in [0.29, 0.717) is 22.5 Å². The lowest BCUT2D eigenvalue weighted by Crippen LogP contribution is -2.26. The first-order chi connectivity index (χ1) is 10.2. The van der Waals surface area contributed by atoms with Crippen LogP contribution in [0.2, 0.25) is 0 Å². The highest BCUT2D eigenvalue weighted by Crippen LogP contribution is 2.33. The minimum Gasteiger partial charge on any atom is -0.474 e. The van der Waals surface area contributed by atoms with E-state index in [1.807, 2.05) is 0 Å². The number of fused-ring (bicyclic) bond motifs is 1. The van der Waals surface area contributed by atoms with Crippen LogP contribution < -0.4 is 4.74 Å². The number of ether oxygens (including phenoxy) is 1. The summed E-state index contributed by atoms with van der Waals surface area (Å²) in [4.78, 5) is 11.4. The largest absolute Gasteiger partial charge is 0.474 e. The summed E-state index contributed by atoms with van der Waals surface area (Å²) in [5.41, 5.74) is 1.20. The fourth-order valence-corrected chi connectivity index (χ4v) is 3.14. The predicted octanol–water partition coefficient (Wildman–Crippen LogP) is 3.42. The van der Waals surface area contributed by atoms with Gasteiger partial charge < -0.3 is 9.72 Å². The number of hydrogen-bond donors (Lipinski definition) is 1. The summed E-state index contributed by atoms with van der Waals surface area (Å²) in [6, 6.07) is 2.16. The van der Waals surface area contributed by atoms with Crippen molar-refractivity contribution in [2.45, 2.75) is 45.6 Å². The summed E-state index contributed by atoms with van der Waals surface area (Å²) in [5.74, 6) is 2.08. The van der Waals surface area contributed by atoms with Crippen LogP contribution in [0.25, 0.3) is 11.0 Å². The lowest BCUT2D eigenvalue weighted by Gasteiger charge is -2.30. The Morgan fingerprint density at radius 2 is 2.05 bits per heavy atom. The summed E-state index contributed by atoms with van der Waals surface area (Å²) >= 11 is 0. The lowest BCUT2D eigenvalue weighted by atomic mass is 9.80. The van der Waals surface area contributed by atoms with Crippen LogP contribution in [0.15, 0.2) is 12.5 Å². The van der Waals surface area contributed by atoms with E-state index in [2.05, 4.69) is 34.9 Å². The average Bonchev–Trinajstić information content (AvgIpc) is 2.92. The van der Waals surface area contributed by atoms with Gasteiger partial charge in [0.15, 0.2) is 0 Å². The number of aromatic nitrogens is 3. The van der Waals surface area contributed by atoms with Crippen molar-refractivity contribution in [3.63, 3.8) is 0 Å². The summed E-state index contributed by atoms with van der Waals surface area (Å²) in [5, 5.41) is 9.87. The molecule has 2 aromatic heterocycles. The van der Waals surface area contributed by atoms with Gasteiger partial charge in [0.2, 0.25) is 5.88 Å². The fourth-order valence-electron chi connectivity index (χ4n) is 3.14.